The number of hydrogen-bond donors (Lipinski definition) is 2. The van der Waals surface area contributed by atoms with Gasteiger partial charge in [0.25, 0.3) is 5.91 Å². The number of anilines is 2. The summed E-state index contributed by atoms with van der Waals surface area (Å²) in [4.78, 5) is 14.8. The molecule has 0 unspecified atom stereocenters. The van der Waals surface area contributed by atoms with E-state index in [1.165, 1.54) is 5.01 Å². The van der Waals surface area contributed by atoms with Gasteiger partial charge in [-0.1, -0.05) is 24.3 Å². The second-order valence-electron chi connectivity index (χ2n) is 6.31. The first-order chi connectivity index (χ1) is 12.4. The van der Waals surface area contributed by atoms with E-state index in [0.29, 0.717) is 22.5 Å². The standard InChI is InChI=1S/C20H21N3O3/c1-13-18(12-14-4-8-16(9-5-14)22(2)3)19(24)23(21-13)17-10-6-15(7-11-17)20(25)26/h4-12,20,25-26H,1-3H3/b18-12+. The van der Waals surface area contributed by atoms with Crippen molar-refractivity contribution in [1.29, 1.82) is 0 Å². The van der Waals surface area contributed by atoms with Crippen molar-refractivity contribution in [3.05, 3.63) is 65.2 Å². The van der Waals surface area contributed by atoms with Crippen LogP contribution in [0.1, 0.15) is 24.3 Å². The molecule has 1 aliphatic rings. The molecule has 2 aromatic rings. The lowest BCUT2D eigenvalue weighted by atomic mass is 10.1. The highest BCUT2D eigenvalue weighted by Gasteiger charge is 2.28. The first kappa shape index (κ1) is 17.8. The Balaban J connectivity index is 1.85. The fraction of sp³-hybridized carbons (Fsp3) is 0.200. The SMILES string of the molecule is CC1=NN(c2ccc(C(O)O)cc2)C(=O)/C1=C/c1ccc(N(C)C)cc1. The molecule has 0 saturated heterocycles. The van der Waals surface area contributed by atoms with Crippen molar-refractivity contribution in [3.8, 4) is 0 Å². The van der Waals surface area contributed by atoms with Crippen LogP contribution in [0, 0.1) is 0 Å². The lowest BCUT2D eigenvalue weighted by molar-refractivity contribution is -0.114. The molecule has 2 aromatic carbocycles. The number of carbonyl (C=O) groups excluding carboxylic acids is 1. The summed E-state index contributed by atoms with van der Waals surface area (Å²) < 4.78 is 0. The molecule has 0 spiro atoms. The van der Waals surface area contributed by atoms with Crippen LogP contribution in [0.5, 0.6) is 0 Å². The fourth-order valence-corrected chi connectivity index (χ4v) is 2.68. The highest BCUT2D eigenvalue weighted by molar-refractivity contribution is 6.32. The molecule has 0 bridgehead atoms. The zero-order valence-electron chi connectivity index (χ0n) is 14.9. The highest BCUT2D eigenvalue weighted by Crippen LogP contribution is 2.26. The van der Waals surface area contributed by atoms with Gasteiger partial charge in [-0.05, 0) is 42.8 Å². The van der Waals surface area contributed by atoms with Crippen molar-refractivity contribution in [2.75, 3.05) is 24.0 Å². The number of aliphatic hydroxyl groups excluding tert-OH is 1. The summed E-state index contributed by atoms with van der Waals surface area (Å²) >= 11 is 0. The molecule has 6 nitrogen and oxygen atoms in total. The molecule has 134 valence electrons. The van der Waals surface area contributed by atoms with Gasteiger partial charge < -0.3 is 15.1 Å². The normalized spacial score (nSPS) is 15.8. The average molecular weight is 351 g/mol. The zero-order chi connectivity index (χ0) is 18.8. The van der Waals surface area contributed by atoms with Crippen LogP contribution in [0.3, 0.4) is 0 Å². The number of aliphatic hydroxyl groups is 2. The van der Waals surface area contributed by atoms with Crippen molar-refractivity contribution < 1.29 is 15.0 Å². The van der Waals surface area contributed by atoms with Gasteiger partial charge in [0, 0.05) is 25.3 Å². The van der Waals surface area contributed by atoms with Crippen molar-refractivity contribution in [2.24, 2.45) is 5.10 Å². The molecule has 1 heterocycles. The van der Waals surface area contributed by atoms with Crippen LogP contribution < -0.4 is 9.91 Å². The number of nitrogens with zero attached hydrogens (tertiary/aromatic N) is 3. The Morgan fingerprint density at radius 3 is 2.19 bits per heavy atom. The number of hydrogen-bond acceptors (Lipinski definition) is 5. The molecular weight excluding hydrogens is 330 g/mol. The monoisotopic (exact) mass is 351 g/mol. The van der Waals surface area contributed by atoms with Crippen LogP contribution in [0.15, 0.2) is 59.2 Å². The third kappa shape index (κ3) is 3.51. The topological polar surface area (TPSA) is 76.4 Å². The average Bonchev–Trinajstić information content (AvgIpc) is 2.90. The van der Waals surface area contributed by atoms with E-state index in [0.717, 1.165) is 11.3 Å². The molecule has 0 atom stereocenters. The summed E-state index contributed by atoms with van der Waals surface area (Å²) in [5, 5.41) is 24.0. The maximum atomic E-state index is 12.8. The second kappa shape index (κ2) is 7.11. The number of amides is 1. The maximum Gasteiger partial charge on any atom is 0.280 e. The Bertz CT molecular complexity index is 866. The third-order valence-electron chi connectivity index (χ3n) is 4.22. The fourth-order valence-electron chi connectivity index (χ4n) is 2.68. The quantitative estimate of drug-likeness (QED) is 0.656. The minimum Gasteiger partial charge on any atom is -0.378 e. The van der Waals surface area contributed by atoms with Gasteiger partial charge in [-0.15, -0.1) is 0 Å². The van der Waals surface area contributed by atoms with Crippen LogP contribution in [-0.2, 0) is 4.79 Å². The summed E-state index contributed by atoms with van der Waals surface area (Å²) in [5.74, 6) is -0.212. The van der Waals surface area contributed by atoms with E-state index in [2.05, 4.69) is 5.10 Å². The molecule has 2 N–H and O–H groups in total. The Labute approximate surface area is 152 Å². The van der Waals surface area contributed by atoms with E-state index in [-0.39, 0.29) is 5.91 Å². The molecular formula is C20H21N3O3. The van der Waals surface area contributed by atoms with Crippen LogP contribution in [0.2, 0.25) is 0 Å². The number of hydrazone groups is 1. The van der Waals surface area contributed by atoms with Crippen LogP contribution in [0.4, 0.5) is 11.4 Å². The minimum atomic E-state index is -1.54. The Hall–Kier alpha value is -2.96. The highest BCUT2D eigenvalue weighted by atomic mass is 16.5. The summed E-state index contributed by atoms with van der Waals surface area (Å²) in [6.45, 7) is 1.80. The zero-order valence-corrected chi connectivity index (χ0v) is 14.9. The van der Waals surface area contributed by atoms with Crippen molar-refractivity contribution in [2.45, 2.75) is 13.2 Å². The third-order valence-corrected chi connectivity index (χ3v) is 4.22. The first-order valence-corrected chi connectivity index (χ1v) is 8.22. The van der Waals surface area contributed by atoms with Gasteiger partial charge in [-0.2, -0.15) is 10.1 Å². The van der Waals surface area contributed by atoms with Gasteiger partial charge in [0.2, 0.25) is 0 Å². The Morgan fingerprint density at radius 1 is 1.04 bits per heavy atom. The molecule has 1 aliphatic heterocycles. The van der Waals surface area contributed by atoms with Crippen LogP contribution in [-0.4, -0.2) is 35.9 Å². The van der Waals surface area contributed by atoms with E-state index in [9.17, 15) is 4.79 Å². The van der Waals surface area contributed by atoms with E-state index in [1.54, 1.807) is 31.2 Å². The molecule has 0 aliphatic carbocycles. The summed E-state index contributed by atoms with van der Waals surface area (Å²) in [7, 11) is 3.95. The lowest BCUT2D eigenvalue weighted by Gasteiger charge is -2.13. The van der Waals surface area contributed by atoms with Crippen molar-refractivity contribution >= 4 is 29.1 Å². The summed E-state index contributed by atoms with van der Waals surface area (Å²) in [5.41, 5.74) is 4.12. The van der Waals surface area contributed by atoms with Gasteiger partial charge in [0.05, 0.1) is 17.0 Å². The molecule has 1 amide bonds. The smallest absolute Gasteiger partial charge is 0.280 e. The second-order valence-corrected chi connectivity index (χ2v) is 6.31. The number of rotatable bonds is 4. The predicted molar refractivity (Wildman–Crippen MR) is 103 cm³/mol. The van der Waals surface area contributed by atoms with Gasteiger partial charge >= 0.3 is 0 Å². The molecule has 3 rings (SSSR count). The Kier molecular flexibility index (Phi) is 4.88. The van der Waals surface area contributed by atoms with Crippen molar-refractivity contribution in [3.63, 3.8) is 0 Å². The molecule has 0 fully saturated rings. The maximum absolute atomic E-state index is 12.8. The summed E-state index contributed by atoms with van der Waals surface area (Å²) in [6.07, 6.45) is 0.288. The van der Waals surface area contributed by atoms with E-state index in [1.807, 2.05) is 49.3 Å². The summed E-state index contributed by atoms with van der Waals surface area (Å²) in [6, 6.07) is 14.3. The number of carbonyl (C=O) groups is 1. The van der Waals surface area contributed by atoms with Gasteiger partial charge in [-0.3, -0.25) is 4.79 Å². The lowest BCUT2D eigenvalue weighted by Crippen LogP contribution is -2.21. The van der Waals surface area contributed by atoms with Gasteiger partial charge in [0.1, 0.15) is 0 Å². The van der Waals surface area contributed by atoms with Crippen LogP contribution >= 0.6 is 0 Å². The Morgan fingerprint density at radius 2 is 1.65 bits per heavy atom. The molecule has 26 heavy (non-hydrogen) atoms. The molecule has 0 saturated carbocycles. The molecule has 0 radical (unpaired) electrons. The molecule has 6 heteroatoms. The molecule has 0 aromatic heterocycles. The minimum absolute atomic E-state index is 0.212. The van der Waals surface area contributed by atoms with Crippen molar-refractivity contribution in [1.82, 2.24) is 0 Å². The largest absolute Gasteiger partial charge is 0.378 e. The van der Waals surface area contributed by atoms with Gasteiger partial charge in [-0.25, -0.2) is 0 Å². The van der Waals surface area contributed by atoms with E-state index in [4.69, 9.17) is 10.2 Å². The van der Waals surface area contributed by atoms with E-state index >= 15 is 0 Å². The predicted octanol–water partition coefficient (Wildman–Crippen LogP) is 2.54. The van der Waals surface area contributed by atoms with Crippen LogP contribution in [0.25, 0.3) is 6.08 Å². The first-order valence-electron chi connectivity index (χ1n) is 8.22. The van der Waals surface area contributed by atoms with Gasteiger partial charge in [0.15, 0.2) is 6.29 Å². The number of benzene rings is 2. The van der Waals surface area contributed by atoms with E-state index < -0.39 is 6.29 Å².